The normalized spacial score (nSPS) is 49.7. The Morgan fingerprint density at radius 3 is 2.89 bits per heavy atom. The van der Waals surface area contributed by atoms with Crippen LogP contribution in [0.5, 0.6) is 0 Å². The highest BCUT2D eigenvalue weighted by Crippen LogP contribution is 2.36. The highest BCUT2D eigenvalue weighted by molar-refractivity contribution is 4.87. The average molecular weight is 128 g/mol. The van der Waals surface area contributed by atoms with E-state index in [2.05, 4.69) is 0 Å². The van der Waals surface area contributed by atoms with Crippen LogP contribution < -0.4 is 0 Å². The number of fused-ring (bicyclic) bond motifs is 1. The van der Waals surface area contributed by atoms with Crippen molar-refractivity contribution in [2.45, 2.75) is 18.9 Å². The van der Waals surface area contributed by atoms with E-state index in [0.29, 0.717) is 11.8 Å². The maximum absolute atomic E-state index is 9.32. The molecule has 2 aliphatic rings. The molecule has 3 atom stereocenters. The van der Waals surface area contributed by atoms with E-state index in [-0.39, 0.29) is 6.10 Å². The van der Waals surface area contributed by atoms with Gasteiger partial charge in [-0.15, -0.1) is 0 Å². The zero-order chi connectivity index (χ0) is 6.27. The summed E-state index contributed by atoms with van der Waals surface area (Å²) in [4.78, 5) is 0. The fraction of sp³-hybridized carbons (Fsp3) is 1.00. The first-order chi connectivity index (χ1) is 4.38. The van der Waals surface area contributed by atoms with Crippen molar-refractivity contribution in [2.24, 2.45) is 11.8 Å². The Hall–Kier alpha value is -0.0800. The number of rotatable bonds is 0. The van der Waals surface area contributed by atoms with E-state index in [1.807, 2.05) is 0 Å². The molecule has 2 heteroatoms. The van der Waals surface area contributed by atoms with E-state index in [1.54, 1.807) is 0 Å². The molecule has 2 fully saturated rings. The van der Waals surface area contributed by atoms with Crippen LogP contribution in [0.3, 0.4) is 0 Å². The van der Waals surface area contributed by atoms with E-state index in [4.69, 9.17) is 4.74 Å². The molecule has 2 nitrogen and oxygen atoms in total. The Bertz CT molecular complexity index is 113. The predicted molar refractivity (Wildman–Crippen MR) is 33.0 cm³/mol. The van der Waals surface area contributed by atoms with Gasteiger partial charge in [-0.3, -0.25) is 0 Å². The molecule has 9 heavy (non-hydrogen) atoms. The summed E-state index contributed by atoms with van der Waals surface area (Å²) in [5.74, 6) is 1.16. The minimum absolute atomic E-state index is 0.0579. The molecule has 1 aliphatic heterocycles. The molecule has 0 unspecified atom stereocenters. The number of aliphatic hydroxyl groups excluding tert-OH is 1. The monoisotopic (exact) mass is 128 g/mol. The minimum Gasteiger partial charge on any atom is -0.393 e. The lowest BCUT2D eigenvalue weighted by atomic mass is 10.00. The van der Waals surface area contributed by atoms with Crippen LogP contribution in [-0.4, -0.2) is 24.4 Å². The van der Waals surface area contributed by atoms with Crippen molar-refractivity contribution in [3.05, 3.63) is 0 Å². The SMILES string of the molecule is O[C@@H]1CC[C@@H]2COC[C@@H]21. The number of aliphatic hydroxyl groups is 1. The fourth-order valence-corrected chi connectivity index (χ4v) is 1.94. The third kappa shape index (κ3) is 0.775. The molecular weight excluding hydrogens is 116 g/mol. The first-order valence-corrected chi connectivity index (χ1v) is 3.64. The molecule has 0 aromatic carbocycles. The Labute approximate surface area is 54.8 Å². The highest BCUT2D eigenvalue weighted by atomic mass is 16.5. The Kier molecular flexibility index (Phi) is 1.24. The molecule has 0 aromatic heterocycles. The lowest BCUT2D eigenvalue weighted by molar-refractivity contribution is 0.0996. The molecule has 0 radical (unpaired) electrons. The van der Waals surface area contributed by atoms with E-state index in [0.717, 1.165) is 19.6 Å². The summed E-state index contributed by atoms with van der Waals surface area (Å²) in [5.41, 5.74) is 0. The van der Waals surface area contributed by atoms with Crippen molar-refractivity contribution in [3.8, 4) is 0 Å². The standard InChI is InChI=1S/C7H12O2/c8-7-2-1-5-3-9-4-6(5)7/h5-8H,1-4H2/t5-,6+,7-/m1/s1. The van der Waals surface area contributed by atoms with Gasteiger partial charge in [-0.25, -0.2) is 0 Å². The molecule has 0 spiro atoms. The molecule has 1 N–H and O–H groups in total. The second kappa shape index (κ2) is 1.96. The number of hydrogen-bond donors (Lipinski definition) is 1. The van der Waals surface area contributed by atoms with Gasteiger partial charge in [0.05, 0.1) is 12.7 Å². The van der Waals surface area contributed by atoms with Crippen molar-refractivity contribution in [2.75, 3.05) is 13.2 Å². The molecule has 1 saturated carbocycles. The Morgan fingerprint density at radius 2 is 2.11 bits per heavy atom. The molecule has 2 rings (SSSR count). The summed E-state index contributed by atoms with van der Waals surface area (Å²) in [6.07, 6.45) is 2.11. The predicted octanol–water partition coefficient (Wildman–Crippen LogP) is 0.404. The van der Waals surface area contributed by atoms with E-state index < -0.39 is 0 Å². The average Bonchev–Trinajstić information content (AvgIpc) is 2.35. The van der Waals surface area contributed by atoms with E-state index >= 15 is 0 Å². The number of hydrogen-bond acceptors (Lipinski definition) is 2. The van der Waals surface area contributed by atoms with Gasteiger partial charge in [0.15, 0.2) is 0 Å². The summed E-state index contributed by atoms with van der Waals surface area (Å²) < 4.78 is 5.22. The summed E-state index contributed by atoms with van der Waals surface area (Å²) in [7, 11) is 0. The van der Waals surface area contributed by atoms with Gasteiger partial charge in [-0.2, -0.15) is 0 Å². The van der Waals surface area contributed by atoms with Gasteiger partial charge in [-0.1, -0.05) is 0 Å². The topological polar surface area (TPSA) is 29.5 Å². The maximum atomic E-state index is 9.32. The quantitative estimate of drug-likeness (QED) is 0.512. The van der Waals surface area contributed by atoms with Gasteiger partial charge in [0, 0.05) is 12.5 Å². The zero-order valence-electron chi connectivity index (χ0n) is 5.42. The molecule has 1 saturated heterocycles. The Balaban J connectivity index is 2.07. The van der Waals surface area contributed by atoms with Crippen LogP contribution in [0.15, 0.2) is 0 Å². The van der Waals surface area contributed by atoms with Gasteiger partial charge in [0.1, 0.15) is 0 Å². The second-order valence-corrected chi connectivity index (χ2v) is 3.11. The van der Waals surface area contributed by atoms with Crippen LogP contribution in [0.1, 0.15) is 12.8 Å². The summed E-state index contributed by atoms with van der Waals surface area (Å²) in [6.45, 7) is 1.69. The zero-order valence-corrected chi connectivity index (χ0v) is 5.42. The first-order valence-electron chi connectivity index (χ1n) is 3.64. The molecular formula is C7H12O2. The van der Waals surface area contributed by atoms with Gasteiger partial charge in [-0.05, 0) is 18.8 Å². The van der Waals surface area contributed by atoms with Crippen LogP contribution in [0.25, 0.3) is 0 Å². The van der Waals surface area contributed by atoms with Gasteiger partial charge in [0.2, 0.25) is 0 Å². The van der Waals surface area contributed by atoms with Crippen LogP contribution >= 0.6 is 0 Å². The summed E-state index contributed by atoms with van der Waals surface area (Å²) >= 11 is 0. The van der Waals surface area contributed by atoms with Gasteiger partial charge in [0.25, 0.3) is 0 Å². The van der Waals surface area contributed by atoms with Gasteiger partial charge >= 0.3 is 0 Å². The molecule has 52 valence electrons. The van der Waals surface area contributed by atoms with Crippen LogP contribution in [0.2, 0.25) is 0 Å². The van der Waals surface area contributed by atoms with Crippen LogP contribution in [0.4, 0.5) is 0 Å². The summed E-state index contributed by atoms with van der Waals surface area (Å²) in [5, 5.41) is 9.32. The highest BCUT2D eigenvalue weighted by Gasteiger charge is 2.38. The lowest BCUT2D eigenvalue weighted by Gasteiger charge is -2.08. The summed E-state index contributed by atoms with van der Waals surface area (Å²) in [6, 6.07) is 0. The molecule has 0 amide bonds. The number of ether oxygens (including phenoxy) is 1. The van der Waals surface area contributed by atoms with Crippen molar-refractivity contribution < 1.29 is 9.84 Å². The van der Waals surface area contributed by atoms with E-state index in [1.165, 1.54) is 6.42 Å². The van der Waals surface area contributed by atoms with E-state index in [9.17, 15) is 5.11 Å². The van der Waals surface area contributed by atoms with Gasteiger partial charge < -0.3 is 9.84 Å². The smallest absolute Gasteiger partial charge is 0.0594 e. The molecule has 1 heterocycles. The second-order valence-electron chi connectivity index (χ2n) is 3.11. The van der Waals surface area contributed by atoms with Crippen molar-refractivity contribution in [1.29, 1.82) is 0 Å². The Morgan fingerprint density at radius 1 is 1.22 bits per heavy atom. The maximum Gasteiger partial charge on any atom is 0.0594 e. The molecule has 0 bridgehead atoms. The third-order valence-corrected chi connectivity index (χ3v) is 2.58. The third-order valence-electron chi connectivity index (χ3n) is 2.58. The fourth-order valence-electron chi connectivity index (χ4n) is 1.94. The van der Waals surface area contributed by atoms with Crippen LogP contribution in [-0.2, 0) is 4.74 Å². The lowest BCUT2D eigenvalue weighted by Crippen LogP contribution is -2.17. The van der Waals surface area contributed by atoms with Crippen LogP contribution in [0, 0.1) is 11.8 Å². The first kappa shape index (κ1) is 5.69. The van der Waals surface area contributed by atoms with Crippen molar-refractivity contribution in [3.63, 3.8) is 0 Å². The van der Waals surface area contributed by atoms with Crippen molar-refractivity contribution in [1.82, 2.24) is 0 Å². The largest absolute Gasteiger partial charge is 0.393 e. The molecule has 0 aromatic rings. The molecule has 1 aliphatic carbocycles. The van der Waals surface area contributed by atoms with Crippen molar-refractivity contribution >= 4 is 0 Å². The minimum atomic E-state index is -0.0579.